The highest BCUT2D eigenvalue weighted by Crippen LogP contribution is 2.16. The Morgan fingerprint density at radius 2 is 1.63 bits per heavy atom. The Bertz CT molecular complexity index is 1220. The van der Waals surface area contributed by atoms with E-state index in [1.165, 1.54) is 11.2 Å². The highest BCUT2D eigenvalue weighted by atomic mass is 35.5. The third kappa shape index (κ3) is 7.95. The first-order valence-electron chi connectivity index (χ1n) is 11.0. The van der Waals surface area contributed by atoms with E-state index in [1.807, 2.05) is 6.07 Å². The summed E-state index contributed by atoms with van der Waals surface area (Å²) in [5.74, 6) is -0.313. The van der Waals surface area contributed by atoms with Gasteiger partial charge in [-0.3, -0.25) is 9.59 Å². The summed E-state index contributed by atoms with van der Waals surface area (Å²) in [5.41, 5.74) is 1.50. The molecule has 8 nitrogen and oxygen atoms in total. The first-order valence-corrected chi connectivity index (χ1v) is 13.2. The topological polar surface area (TPSA) is 99.9 Å². The third-order valence-electron chi connectivity index (χ3n) is 5.43. The van der Waals surface area contributed by atoms with Crippen LogP contribution in [-0.2, 0) is 39.2 Å². The molecule has 0 spiro atoms. The minimum absolute atomic E-state index is 0.0409. The van der Waals surface area contributed by atoms with E-state index < -0.39 is 34.4 Å². The standard InChI is InChI=1S/C25H28ClN3O5S/c1-19(25(31)27-15-23-9-6-14-34-23)29(17-21-10-12-22(26)13-11-21)24(30)18-28(35(2,32)33)16-20-7-4-3-5-8-20/h3-14,19H,15-18H2,1-2H3,(H,27,31)/t19-/m0/s1. The quantitative estimate of drug-likeness (QED) is 0.420. The summed E-state index contributed by atoms with van der Waals surface area (Å²) in [6.07, 6.45) is 2.57. The van der Waals surface area contributed by atoms with E-state index in [0.717, 1.165) is 21.7 Å². The van der Waals surface area contributed by atoms with Gasteiger partial charge >= 0.3 is 0 Å². The number of benzene rings is 2. The summed E-state index contributed by atoms with van der Waals surface area (Å²) in [6, 6.07) is 18.5. The van der Waals surface area contributed by atoms with Crippen molar-refractivity contribution in [3.8, 4) is 0 Å². The number of amides is 2. The molecule has 0 saturated heterocycles. The SMILES string of the molecule is C[C@@H](C(=O)NCc1ccco1)N(Cc1ccc(Cl)cc1)C(=O)CN(Cc1ccccc1)S(C)(=O)=O. The van der Waals surface area contributed by atoms with E-state index in [9.17, 15) is 18.0 Å². The van der Waals surface area contributed by atoms with Gasteiger partial charge in [0, 0.05) is 18.1 Å². The molecule has 1 heterocycles. The second-order valence-electron chi connectivity index (χ2n) is 8.14. The van der Waals surface area contributed by atoms with Crippen LogP contribution in [0.15, 0.2) is 77.4 Å². The summed E-state index contributed by atoms with van der Waals surface area (Å²) >= 11 is 5.98. The van der Waals surface area contributed by atoms with E-state index >= 15 is 0 Å². The molecule has 3 rings (SSSR count). The number of rotatable bonds is 11. The van der Waals surface area contributed by atoms with Gasteiger partial charge in [0.25, 0.3) is 0 Å². The zero-order valence-electron chi connectivity index (χ0n) is 19.6. The van der Waals surface area contributed by atoms with Crippen LogP contribution in [0.3, 0.4) is 0 Å². The molecule has 0 aliphatic heterocycles. The van der Waals surface area contributed by atoms with Gasteiger partial charge in [-0.2, -0.15) is 4.31 Å². The van der Waals surface area contributed by atoms with Crippen LogP contribution in [0.5, 0.6) is 0 Å². The number of nitrogens with one attached hydrogen (secondary N) is 1. The minimum atomic E-state index is -3.70. The fourth-order valence-corrected chi connectivity index (χ4v) is 4.28. The van der Waals surface area contributed by atoms with E-state index in [1.54, 1.807) is 67.6 Å². The Morgan fingerprint density at radius 1 is 0.971 bits per heavy atom. The number of hydrogen-bond acceptors (Lipinski definition) is 5. The lowest BCUT2D eigenvalue weighted by Gasteiger charge is -2.31. The molecule has 35 heavy (non-hydrogen) atoms. The molecule has 0 fully saturated rings. The minimum Gasteiger partial charge on any atom is -0.467 e. The number of carbonyl (C=O) groups excluding carboxylic acids is 2. The monoisotopic (exact) mass is 517 g/mol. The smallest absolute Gasteiger partial charge is 0.242 e. The average molecular weight is 518 g/mol. The Hall–Kier alpha value is -3.14. The van der Waals surface area contributed by atoms with Crippen molar-refractivity contribution in [2.24, 2.45) is 0 Å². The van der Waals surface area contributed by atoms with Crippen LogP contribution in [0.1, 0.15) is 23.8 Å². The lowest BCUT2D eigenvalue weighted by Crippen LogP contribution is -2.50. The summed E-state index contributed by atoms with van der Waals surface area (Å²) in [6.45, 7) is 1.51. The molecule has 1 atom stereocenters. The van der Waals surface area contributed by atoms with Crippen molar-refractivity contribution in [1.82, 2.24) is 14.5 Å². The molecule has 0 aliphatic carbocycles. The van der Waals surface area contributed by atoms with Crippen LogP contribution in [0.25, 0.3) is 0 Å². The van der Waals surface area contributed by atoms with Crippen LogP contribution in [0.4, 0.5) is 0 Å². The molecule has 1 N–H and O–H groups in total. The molecule has 0 unspecified atom stereocenters. The summed E-state index contributed by atoms with van der Waals surface area (Å²) < 4.78 is 31.3. The predicted molar refractivity (Wildman–Crippen MR) is 134 cm³/mol. The van der Waals surface area contributed by atoms with Crippen LogP contribution >= 0.6 is 11.6 Å². The molecule has 186 valence electrons. The highest BCUT2D eigenvalue weighted by Gasteiger charge is 2.30. The molecular weight excluding hydrogens is 490 g/mol. The molecule has 2 amide bonds. The van der Waals surface area contributed by atoms with Crippen molar-refractivity contribution < 1.29 is 22.4 Å². The summed E-state index contributed by atoms with van der Waals surface area (Å²) in [5, 5.41) is 3.30. The van der Waals surface area contributed by atoms with Crippen LogP contribution in [-0.4, -0.2) is 48.3 Å². The first kappa shape index (κ1) is 26.5. The van der Waals surface area contributed by atoms with Gasteiger partial charge in [-0.15, -0.1) is 0 Å². The molecule has 2 aromatic carbocycles. The van der Waals surface area contributed by atoms with Gasteiger partial charge in [-0.1, -0.05) is 54.1 Å². The van der Waals surface area contributed by atoms with Crippen LogP contribution < -0.4 is 5.32 Å². The molecule has 10 heteroatoms. The van der Waals surface area contributed by atoms with Gasteiger partial charge in [0.1, 0.15) is 11.8 Å². The Kier molecular flexibility index (Phi) is 9.08. The zero-order valence-corrected chi connectivity index (χ0v) is 21.1. The fraction of sp³-hybridized carbons (Fsp3) is 0.280. The first-order chi connectivity index (χ1) is 16.6. The van der Waals surface area contributed by atoms with E-state index in [-0.39, 0.29) is 19.6 Å². The molecule has 0 radical (unpaired) electrons. The van der Waals surface area contributed by atoms with Gasteiger partial charge in [0.05, 0.1) is 25.6 Å². The van der Waals surface area contributed by atoms with Crippen molar-refractivity contribution in [2.75, 3.05) is 12.8 Å². The van der Waals surface area contributed by atoms with Gasteiger partial charge in [0.15, 0.2) is 0 Å². The van der Waals surface area contributed by atoms with E-state index in [4.69, 9.17) is 16.0 Å². The maximum Gasteiger partial charge on any atom is 0.242 e. The van der Waals surface area contributed by atoms with Crippen molar-refractivity contribution in [2.45, 2.75) is 32.6 Å². The number of carbonyl (C=O) groups is 2. The predicted octanol–water partition coefficient (Wildman–Crippen LogP) is 3.43. The van der Waals surface area contributed by atoms with Crippen molar-refractivity contribution in [1.29, 1.82) is 0 Å². The lowest BCUT2D eigenvalue weighted by atomic mass is 10.1. The molecule has 0 bridgehead atoms. The largest absolute Gasteiger partial charge is 0.467 e. The number of sulfonamides is 1. The second kappa shape index (κ2) is 12.0. The molecule has 0 saturated carbocycles. The van der Waals surface area contributed by atoms with Crippen LogP contribution in [0.2, 0.25) is 5.02 Å². The van der Waals surface area contributed by atoms with Crippen molar-refractivity contribution in [3.63, 3.8) is 0 Å². The van der Waals surface area contributed by atoms with Gasteiger partial charge in [-0.25, -0.2) is 8.42 Å². The summed E-state index contributed by atoms with van der Waals surface area (Å²) in [7, 11) is -3.70. The average Bonchev–Trinajstić information content (AvgIpc) is 3.35. The van der Waals surface area contributed by atoms with Crippen LogP contribution in [0, 0.1) is 0 Å². The van der Waals surface area contributed by atoms with Crippen molar-refractivity contribution >= 4 is 33.4 Å². The molecule has 0 aliphatic rings. The number of furan rings is 1. The Balaban J connectivity index is 1.80. The van der Waals surface area contributed by atoms with Crippen molar-refractivity contribution in [3.05, 3.63) is 94.9 Å². The maximum atomic E-state index is 13.4. The highest BCUT2D eigenvalue weighted by molar-refractivity contribution is 7.88. The lowest BCUT2D eigenvalue weighted by molar-refractivity contribution is -0.140. The van der Waals surface area contributed by atoms with Gasteiger partial charge in [-0.05, 0) is 42.3 Å². The summed E-state index contributed by atoms with van der Waals surface area (Å²) in [4.78, 5) is 27.7. The Labute approximate surface area is 210 Å². The molecule has 1 aromatic heterocycles. The fourth-order valence-electron chi connectivity index (χ4n) is 3.42. The zero-order chi connectivity index (χ0) is 25.4. The van der Waals surface area contributed by atoms with E-state index in [0.29, 0.717) is 10.8 Å². The maximum absolute atomic E-state index is 13.4. The van der Waals surface area contributed by atoms with E-state index in [2.05, 4.69) is 5.32 Å². The second-order valence-corrected chi connectivity index (χ2v) is 10.6. The Morgan fingerprint density at radius 3 is 2.23 bits per heavy atom. The van der Waals surface area contributed by atoms with Gasteiger partial charge < -0.3 is 14.6 Å². The third-order valence-corrected chi connectivity index (χ3v) is 6.88. The molecular formula is C25H28ClN3O5S. The number of hydrogen-bond donors (Lipinski definition) is 1. The normalized spacial score (nSPS) is 12.3. The van der Waals surface area contributed by atoms with Gasteiger partial charge in [0.2, 0.25) is 21.8 Å². The molecule has 3 aromatic rings. The number of nitrogens with zero attached hydrogens (tertiary/aromatic N) is 2. The number of halogens is 1.